The third-order valence-electron chi connectivity index (χ3n) is 1.77. The van der Waals surface area contributed by atoms with Crippen LogP contribution < -0.4 is 9.47 Å². The molecule has 0 bridgehead atoms. The molecular weight excluding hydrogens is 260 g/mol. The molecule has 0 atom stereocenters. The lowest BCUT2D eigenvalue weighted by atomic mass is 10.2. The van der Waals surface area contributed by atoms with Gasteiger partial charge in [-0.25, -0.2) is 0 Å². The predicted molar refractivity (Wildman–Crippen MR) is 61.8 cm³/mol. The first-order valence-electron chi connectivity index (χ1n) is 4.57. The fourth-order valence-electron chi connectivity index (χ4n) is 1.15. The maximum absolute atomic E-state index is 10.7. The third-order valence-corrected chi connectivity index (χ3v) is 2.46. The van der Waals surface area contributed by atoms with Gasteiger partial charge < -0.3 is 9.47 Å². The predicted octanol–water partition coefficient (Wildman–Crippen LogP) is 3.06. The summed E-state index contributed by atoms with van der Waals surface area (Å²) in [5.41, 5.74) is 0.548. The van der Waals surface area contributed by atoms with Gasteiger partial charge in [0.2, 0.25) is 0 Å². The van der Waals surface area contributed by atoms with E-state index < -0.39 is 0 Å². The van der Waals surface area contributed by atoms with Crippen molar-refractivity contribution in [3.8, 4) is 11.5 Å². The highest BCUT2D eigenvalue weighted by Gasteiger charge is 2.10. The summed E-state index contributed by atoms with van der Waals surface area (Å²) in [6, 6.07) is 3.39. The van der Waals surface area contributed by atoms with Crippen molar-refractivity contribution in [1.82, 2.24) is 0 Å². The van der Waals surface area contributed by atoms with Crippen molar-refractivity contribution in [2.24, 2.45) is 0 Å². The molecule has 1 aromatic carbocycles. The molecule has 0 spiro atoms. The number of methoxy groups -OCH3 is 1. The van der Waals surface area contributed by atoms with E-state index in [-0.39, 0.29) is 6.10 Å². The SMILES string of the molecule is COc1cc(Br)c(C=O)cc1OC(C)C. The monoisotopic (exact) mass is 272 g/mol. The van der Waals surface area contributed by atoms with Crippen molar-refractivity contribution in [3.63, 3.8) is 0 Å². The van der Waals surface area contributed by atoms with Gasteiger partial charge in [0.25, 0.3) is 0 Å². The van der Waals surface area contributed by atoms with Crippen LogP contribution in [0.2, 0.25) is 0 Å². The number of hydrogen-bond donors (Lipinski definition) is 0. The minimum absolute atomic E-state index is 0.0413. The summed E-state index contributed by atoms with van der Waals surface area (Å²) in [6.45, 7) is 3.84. The lowest BCUT2D eigenvalue weighted by Crippen LogP contribution is -2.07. The summed E-state index contributed by atoms with van der Waals surface area (Å²) >= 11 is 3.28. The van der Waals surface area contributed by atoms with Gasteiger partial charge in [0.15, 0.2) is 17.8 Å². The summed E-state index contributed by atoms with van der Waals surface area (Å²) in [5, 5.41) is 0. The van der Waals surface area contributed by atoms with Gasteiger partial charge in [-0.2, -0.15) is 0 Å². The normalized spacial score (nSPS) is 10.2. The van der Waals surface area contributed by atoms with E-state index in [9.17, 15) is 4.79 Å². The topological polar surface area (TPSA) is 35.5 Å². The van der Waals surface area contributed by atoms with Crippen LogP contribution in [0.25, 0.3) is 0 Å². The molecule has 4 heteroatoms. The molecule has 1 aromatic rings. The number of hydrogen-bond acceptors (Lipinski definition) is 3. The maximum atomic E-state index is 10.7. The van der Waals surface area contributed by atoms with Crippen LogP contribution in [0.1, 0.15) is 24.2 Å². The standard InChI is InChI=1S/C11H13BrO3/c1-7(2)15-11-4-8(6-13)9(12)5-10(11)14-3/h4-7H,1-3H3. The van der Waals surface area contributed by atoms with Crippen LogP contribution >= 0.6 is 15.9 Å². The highest BCUT2D eigenvalue weighted by molar-refractivity contribution is 9.10. The zero-order valence-electron chi connectivity index (χ0n) is 8.91. The number of rotatable bonds is 4. The fraction of sp³-hybridized carbons (Fsp3) is 0.364. The van der Waals surface area contributed by atoms with Crippen LogP contribution in [0.5, 0.6) is 11.5 Å². The van der Waals surface area contributed by atoms with Crippen molar-refractivity contribution in [1.29, 1.82) is 0 Å². The quantitative estimate of drug-likeness (QED) is 0.791. The van der Waals surface area contributed by atoms with Crippen LogP contribution in [-0.2, 0) is 0 Å². The molecule has 82 valence electrons. The Kier molecular flexibility index (Phi) is 4.15. The number of aldehydes is 1. The van der Waals surface area contributed by atoms with Crippen LogP contribution in [0.3, 0.4) is 0 Å². The summed E-state index contributed by atoms with van der Waals surface area (Å²) in [5.74, 6) is 1.19. The summed E-state index contributed by atoms with van der Waals surface area (Å²) in [7, 11) is 1.57. The number of ether oxygens (including phenoxy) is 2. The van der Waals surface area contributed by atoms with E-state index in [1.807, 2.05) is 13.8 Å². The molecule has 0 radical (unpaired) electrons. The van der Waals surface area contributed by atoms with Crippen molar-refractivity contribution < 1.29 is 14.3 Å². The van der Waals surface area contributed by atoms with E-state index in [1.54, 1.807) is 19.2 Å². The Hall–Kier alpha value is -1.03. The summed E-state index contributed by atoms with van der Waals surface area (Å²) < 4.78 is 11.4. The van der Waals surface area contributed by atoms with Gasteiger partial charge in [0.05, 0.1) is 13.2 Å². The van der Waals surface area contributed by atoms with Gasteiger partial charge in [-0.05, 0) is 41.9 Å². The molecule has 1 rings (SSSR count). The van der Waals surface area contributed by atoms with Crippen LogP contribution in [0.4, 0.5) is 0 Å². The number of carbonyl (C=O) groups is 1. The Balaban J connectivity index is 3.16. The van der Waals surface area contributed by atoms with Crippen molar-refractivity contribution in [2.75, 3.05) is 7.11 Å². The third kappa shape index (κ3) is 2.96. The first-order chi connectivity index (χ1) is 7.08. The molecule has 0 heterocycles. The largest absolute Gasteiger partial charge is 0.493 e. The molecule has 0 saturated heterocycles. The second-order valence-corrected chi connectivity index (χ2v) is 4.16. The van der Waals surface area contributed by atoms with E-state index in [0.717, 1.165) is 6.29 Å². The zero-order chi connectivity index (χ0) is 11.4. The van der Waals surface area contributed by atoms with Gasteiger partial charge in [-0.15, -0.1) is 0 Å². The average Bonchev–Trinajstić information content (AvgIpc) is 2.19. The van der Waals surface area contributed by atoms with Crippen LogP contribution in [0.15, 0.2) is 16.6 Å². The van der Waals surface area contributed by atoms with E-state index in [1.165, 1.54) is 0 Å². The van der Waals surface area contributed by atoms with Crippen molar-refractivity contribution in [2.45, 2.75) is 20.0 Å². The molecule has 15 heavy (non-hydrogen) atoms. The molecule has 0 amide bonds. The minimum atomic E-state index is 0.0413. The highest BCUT2D eigenvalue weighted by Crippen LogP contribution is 2.33. The van der Waals surface area contributed by atoms with E-state index in [0.29, 0.717) is 21.5 Å². The zero-order valence-corrected chi connectivity index (χ0v) is 10.5. The lowest BCUT2D eigenvalue weighted by Gasteiger charge is -2.14. The van der Waals surface area contributed by atoms with Crippen molar-refractivity contribution >= 4 is 22.2 Å². The maximum Gasteiger partial charge on any atom is 0.162 e. The number of halogens is 1. The molecule has 0 aliphatic heterocycles. The Morgan fingerprint density at radius 2 is 2.00 bits per heavy atom. The van der Waals surface area contributed by atoms with Crippen molar-refractivity contribution in [3.05, 3.63) is 22.2 Å². The Morgan fingerprint density at radius 3 is 2.47 bits per heavy atom. The van der Waals surface area contributed by atoms with Gasteiger partial charge in [-0.3, -0.25) is 4.79 Å². The number of benzene rings is 1. The average molecular weight is 273 g/mol. The number of carbonyl (C=O) groups excluding carboxylic acids is 1. The van der Waals surface area contributed by atoms with Gasteiger partial charge in [0.1, 0.15) is 0 Å². The molecule has 0 saturated carbocycles. The molecule has 0 N–H and O–H groups in total. The second kappa shape index (κ2) is 5.16. The minimum Gasteiger partial charge on any atom is -0.493 e. The Labute approximate surface area is 97.5 Å². The van der Waals surface area contributed by atoms with Crippen LogP contribution in [0, 0.1) is 0 Å². The van der Waals surface area contributed by atoms with Gasteiger partial charge >= 0.3 is 0 Å². The van der Waals surface area contributed by atoms with E-state index in [2.05, 4.69) is 15.9 Å². The fourth-order valence-corrected chi connectivity index (χ4v) is 1.56. The molecule has 3 nitrogen and oxygen atoms in total. The highest BCUT2D eigenvalue weighted by atomic mass is 79.9. The molecule has 0 aliphatic carbocycles. The first-order valence-corrected chi connectivity index (χ1v) is 5.37. The van der Waals surface area contributed by atoms with Crippen LogP contribution in [-0.4, -0.2) is 19.5 Å². The molecule has 0 aliphatic rings. The van der Waals surface area contributed by atoms with E-state index >= 15 is 0 Å². The van der Waals surface area contributed by atoms with Gasteiger partial charge in [0, 0.05) is 10.0 Å². The molecular formula is C11H13BrO3. The smallest absolute Gasteiger partial charge is 0.162 e. The second-order valence-electron chi connectivity index (χ2n) is 3.31. The molecule has 0 unspecified atom stereocenters. The Bertz CT molecular complexity index is 361. The van der Waals surface area contributed by atoms with Gasteiger partial charge in [-0.1, -0.05) is 0 Å². The first kappa shape index (κ1) is 12.0. The lowest BCUT2D eigenvalue weighted by molar-refractivity contribution is 0.112. The summed E-state index contributed by atoms with van der Waals surface area (Å²) in [4.78, 5) is 10.7. The molecule has 0 fully saturated rings. The Morgan fingerprint density at radius 1 is 1.33 bits per heavy atom. The summed E-state index contributed by atoms with van der Waals surface area (Å²) in [6.07, 6.45) is 0.816. The van der Waals surface area contributed by atoms with E-state index in [4.69, 9.17) is 9.47 Å². The molecule has 0 aromatic heterocycles.